The van der Waals surface area contributed by atoms with Crippen LogP contribution in [0.3, 0.4) is 0 Å². The lowest BCUT2D eigenvalue weighted by atomic mass is 10.0. The molecule has 20 heavy (non-hydrogen) atoms. The van der Waals surface area contributed by atoms with E-state index in [1.165, 1.54) is 6.92 Å². The second kappa shape index (κ2) is 6.56. The molecule has 2 unspecified atom stereocenters. The molecule has 1 fully saturated rings. The summed E-state index contributed by atoms with van der Waals surface area (Å²) in [4.78, 5) is 35.0. The molecule has 1 saturated heterocycles. The number of amides is 3. The van der Waals surface area contributed by atoms with Crippen molar-refractivity contribution in [3.63, 3.8) is 0 Å². The van der Waals surface area contributed by atoms with Gasteiger partial charge in [0.25, 0.3) is 0 Å². The van der Waals surface area contributed by atoms with Gasteiger partial charge >= 0.3 is 12.0 Å². The van der Waals surface area contributed by atoms with Crippen molar-refractivity contribution in [1.82, 2.24) is 15.5 Å². The van der Waals surface area contributed by atoms with Gasteiger partial charge in [-0.05, 0) is 13.3 Å². The van der Waals surface area contributed by atoms with Crippen LogP contribution in [0.4, 0.5) is 4.79 Å². The van der Waals surface area contributed by atoms with Crippen LogP contribution in [0.25, 0.3) is 0 Å². The average molecular weight is 287 g/mol. The Morgan fingerprint density at radius 3 is 2.70 bits per heavy atom. The Labute approximate surface area is 117 Å². The van der Waals surface area contributed by atoms with Crippen molar-refractivity contribution in [2.24, 2.45) is 0 Å². The Morgan fingerprint density at radius 2 is 2.15 bits per heavy atom. The van der Waals surface area contributed by atoms with Gasteiger partial charge < -0.3 is 25.7 Å². The Bertz CT molecular complexity index is 397. The van der Waals surface area contributed by atoms with Crippen molar-refractivity contribution in [3.05, 3.63) is 0 Å². The summed E-state index contributed by atoms with van der Waals surface area (Å²) in [5, 5.41) is 23.5. The average Bonchev–Trinajstić information content (AvgIpc) is 2.30. The van der Waals surface area contributed by atoms with Crippen LogP contribution in [0.1, 0.15) is 26.2 Å². The summed E-state index contributed by atoms with van der Waals surface area (Å²) < 4.78 is 0. The molecule has 8 heteroatoms. The first-order chi connectivity index (χ1) is 9.19. The number of likely N-dealkylation sites (tertiary alicyclic amines) is 1. The van der Waals surface area contributed by atoms with Crippen molar-refractivity contribution >= 4 is 17.9 Å². The second-order valence-corrected chi connectivity index (χ2v) is 5.40. The third-order valence-electron chi connectivity index (χ3n) is 3.12. The van der Waals surface area contributed by atoms with Gasteiger partial charge in [-0.25, -0.2) is 4.79 Å². The lowest BCUT2D eigenvalue weighted by Crippen LogP contribution is -2.53. The molecule has 0 aromatic heterocycles. The van der Waals surface area contributed by atoms with Gasteiger partial charge in [0.1, 0.15) is 0 Å². The SMILES string of the molecule is CN1CC(NC(=O)NCC(C)(O)CC(=O)O)CCC1=O. The van der Waals surface area contributed by atoms with Crippen LogP contribution in [0, 0.1) is 0 Å². The molecule has 0 aromatic rings. The maximum atomic E-state index is 11.6. The molecule has 114 valence electrons. The van der Waals surface area contributed by atoms with Crippen LogP contribution in [-0.4, -0.2) is 64.8 Å². The van der Waals surface area contributed by atoms with Gasteiger partial charge in [-0.2, -0.15) is 0 Å². The summed E-state index contributed by atoms with van der Waals surface area (Å²) in [5.41, 5.74) is -1.50. The van der Waals surface area contributed by atoms with Crippen LogP contribution in [0.5, 0.6) is 0 Å². The van der Waals surface area contributed by atoms with Gasteiger partial charge in [-0.15, -0.1) is 0 Å². The third-order valence-corrected chi connectivity index (χ3v) is 3.12. The fourth-order valence-corrected chi connectivity index (χ4v) is 2.03. The van der Waals surface area contributed by atoms with E-state index in [2.05, 4.69) is 10.6 Å². The molecule has 0 aliphatic carbocycles. The van der Waals surface area contributed by atoms with Gasteiger partial charge in [0.15, 0.2) is 0 Å². The zero-order chi connectivity index (χ0) is 15.3. The summed E-state index contributed by atoms with van der Waals surface area (Å²) in [6.45, 7) is 1.62. The van der Waals surface area contributed by atoms with Gasteiger partial charge in [0.05, 0.1) is 12.0 Å². The largest absolute Gasteiger partial charge is 0.481 e. The number of hydrogen-bond acceptors (Lipinski definition) is 4. The highest BCUT2D eigenvalue weighted by molar-refractivity contribution is 5.78. The number of hydrogen-bond donors (Lipinski definition) is 4. The number of rotatable bonds is 5. The quantitative estimate of drug-likeness (QED) is 0.524. The Balaban J connectivity index is 2.33. The predicted octanol–water partition coefficient (Wildman–Crippen LogP) is -0.868. The number of carboxylic acid groups (broad SMARTS) is 1. The molecule has 2 atom stereocenters. The predicted molar refractivity (Wildman–Crippen MR) is 70.1 cm³/mol. The molecule has 1 aliphatic rings. The molecule has 0 aromatic carbocycles. The fraction of sp³-hybridized carbons (Fsp3) is 0.750. The zero-order valence-electron chi connectivity index (χ0n) is 11.7. The van der Waals surface area contributed by atoms with E-state index < -0.39 is 24.0 Å². The van der Waals surface area contributed by atoms with E-state index in [1.54, 1.807) is 11.9 Å². The molecule has 1 heterocycles. The van der Waals surface area contributed by atoms with Crippen molar-refractivity contribution in [2.45, 2.75) is 37.8 Å². The van der Waals surface area contributed by atoms with Crippen LogP contribution >= 0.6 is 0 Å². The summed E-state index contributed by atoms with van der Waals surface area (Å²) in [6, 6.07) is -0.620. The first kappa shape index (κ1) is 16.2. The summed E-state index contributed by atoms with van der Waals surface area (Å²) in [6.07, 6.45) is 0.508. The zero-order valence-corrected chi connectivity index (χ0v) is 11.7. The molecule has 4 N–H and O–H groups in total. The highest BCUT2D eigenvalue weighted by atomic mass is 16.4. The second-order valence-electron chi connectivity index (χ2n) is 5.40. The Morgan fingerprint density at radius 1 is 1.50 bits per heavy atom. The third kappa shape index (κ3) is 5.43. The topological polar surface area (TPSA) is 119 Å². The standard InChI is InChI=1S/C12H21N3O5/c1-12(20,5-10(17)18)7-13-11(19)14-8-3-4-9(16)15(2)6-8/h8,20H,3-7H2,1-2H3,(H,17,18)(H2,13,14,19). The lowest BCUT2D eigenvalue weighted by molar-refractivity contribution is -0.141. The van der Waals surface area contributed by atoms with Crippen LogP contribution in [0.15, 0.2) is 0 Å². The Hall–Kier alpha value is -1.83. The van der Waals surface area contributed by atoms with Gasteiger partial charge in [0, 0.05) is 32.6 Å². The molecule has 0 radical (unpaired) electrons. The number of urea groups is 1. The van der Waals surface area contributed by atoms with Crippen molar-refractivity contribution in [3.8, 4) is 0 Å². The van der Waals surface area contributed by atoms with Crippen molar-refractivity contribution in [1.29, 1.82) is 0 Å². The van der Waals surface area contributed by atoms with E-state index in [4.69, 9.17) is 5.11 Å². The van der Waals surface area contributed by atoms with Crippen molar-refractivity contribution < 1.29 is 24.6 Å². The molecular formula is C12H21N3O5. The molecule has 0 bridgehead atoms. The fourth-order valence-electron chi connectivity index (χ4n) is 2.03. The number of likely N-dealkylation sites (N-methyl/N-ethyl adjacent to an activating group) is 1. The van der Waals surface area contributed by atoms with E-state index in [1.807, 2.05) is 0 Å². The maximum absolute atomic E-state index is 11.6. The van der Waals surface area contributed by atoms with Crippen LogP contribution < -0.4 is 10.6 Å². The molecule has 8 nitrogen and oxygen atoms in total. The summed E-state index contributed by atoms with van der Waals surface area (Å²) in [5.74, 6) is -1.09. The number of carboxylic acids is 1. The number of aliphatic carboxylic acids is 1. The Kier molecular flexibility index (Phi) is 5.32. The molecule has 1 aliphatic heterocycles. The number of nitrogens with one attached hydrogen (secondary N) is 2. The van der Waals surface area contributed by atoms with Crippen LogP contribution in [0.2, 0.25) is 0 Å². The number of carbonyl (C=O) groups excluding carboxylic acids is 2. The minimum Gasteiger partial charge on any atom is -0.481 e. The molecule has 1 rings (SSSR count). The maximum Gasteiger partial charge on any atom is 0.315 e. The first-order valence-corrected chi connectivity index (χ1v) is 6.42. The normalized spacial score (nSPS) is 22.1. The smallest absolute Gasteiger partial charge is 0.315 e. The van der Waals surface area contributed by atoms with Gasteiger partial charge in [0.2, 0.25) is 5.91 Å². The van der Waals surface area contributed by atoms with E-state index in [9.17, 15) is 19.5 Å². The summed E-state index contributed by atoms with van der Waals surface area (Å²) >= 11 is 0. The molecule has 0 saturated carbocycles. The van der Waals surface area contributed by atoms with E-state index in [0.29, 0.717) is 19.4 Å². The number of nitrogens with zero attached hydrogens (tertiary/aromatic N) is 1. The highest BCUT2D eigenvalue weighted by Crippen LogP contribution is 2.10. The monoisotopic (exact) mass is 287 g/mol. The summed E-state index contributed by atoms with van der Waals surface area (Å²) in [7, 11) is 1.67. The minimum absolute atomic E-state index is 0.0489. The van der Waals surface area contributed by atoms with Crippen molar-refractivity contribution in [2.75, 3.05) is 20.1 Å². The molecular weight excluding hydrogens is 266 g/mol. The van der Waals surface area contributed by atoms with Gasteiger partial charge in [-0.1, -0.05) is 0 Å². The molecule has 0 spiro atoms. The van der Waals surface area contributed by atoms with E-state index >= 15 is 0 Å². The number of carbonyl (C=O) groups is 3. The minimum atomic E-state index is -1.50. The number of aliphatic hydroxyl groups is 1. The highest BCUT2D eigenvalue weighted by Gasteiger charge is 2.27. The van der Waals surface area contributed by atoms with E-state index in [0.717, 1.165) is 0 Å². The van der Waals surface area contributed by atoms with Crippen LogP contribution in [-0.2, 0) is 9.59 Å². The number of piperidine rings is 1. The van der Waals surface area contributed by atoms with Gasteiger partial charge in [-0.3, -0.25) is 9.59 Å². The first-order valence-electron chi connectivity index (χ1n) is 6.42. The lowest BCUT2D eigenvalue weighted by Gasteiger charge is -2.30. The van der Waals surface area contributed by atoms with E-state index in [-0.39, 0.29) is 18.5 Å². The molecule has 3 amide bonds.